The molecule has 0 N–H and O–H groups in total. The zero-order valence-corrected chi connectivity index (χ0v) is 20.8. The van der Waals surface area contributed by atoms with Gasteiger partial charge in [0.15, 0.2) is 0 Å². The molecule has 1 spiro atoms. The van der Waals surface area contributed by atoms with Crippen molar-refractivity contribution in [3.63, 3.8) is 0 Å². The minimum atomic E-state index is -0.0867. The Labute approximate surface area is 191 Å². The molecule has 4 fully saturated rings. The van der Waals surface area contributed by atoms with E-state index in [1.165, 1.54) is 64.2 Å². The van der Waals surface area contributed by atoms with Crippen molar-refractivity contribution in [1.82, 2.24) is 0 Å². The van der Waals surface area contributed by atoms with E-state index in [2.05, 4.69) is 27.7 Å². The Morgan fingerprint density at radius 3 is 2.65 bits per heavy atom. The van der Waals surface area contributed by atoms with Gasteiger partial charge in [0.1, 0.15) is 6.10 Å². The van der Waals surface area contributed by atoms with Crippen LogP contribution in [0.1, 0.15) is 112 Å². The molecule has 4 saturated carbocycles. The molecule has 0 aliphatic heterocycles. The van der Waals surface area contributed by atoms with Crippen LogP contribution in [-0.4, -0.2) is 12.1 Å². The van der Waals surface area contributed by atoms with Crippen LogP contribution in [0, 0.1) is 46.3 Å². The summed E-state index contributed by atoms with van der Waals surface area (Å²) in [4.78, 5) is 11.5. The van der Waals surface area contributed by atoms with Crippen LogP contribution in [0.15, 0.2) is 11.1 Å². The number of allylic oxidation sites excluding steroid dienone is 2. The molecule has 0 unspecified atom stereocenters. The van der Waals surface area contributed by atoms with Crippen LogP contribution >= 0.6 is 0 Å². The maximum Gasteiger partial charge on any atom is 0.302 e. The van der Waals surface area contributed by atoms with E-state index in [-0.39, 0.29) is 12.1 Å². The van der Waals surface area contributed by atoms with Crippen molar-refractivity contribution in [2.75, 3.05) is 0 Å². The van der Waals surface area contributed by atoms with Gasteiger partial charge in [-0.2, -0.15) is 0 Å². The molecule has 0 heterocycles. The number of hydrogen-bond acceptors (Lipinski definition) is 2. The summed E-state index contributed by atoms with van der Waals surface area (Å²) in [6, 6.07) is 0. The smallest absolute Gasteiger partial charge is 0.302 e. The topological polar surface area (TPSA) is 26.3 Å². The quantitative estimate of drug-likeness (QED) is 0.321. The molecule has 5 rings (SSSR count). The molecule has 2 heteroatoms. The first-order valence-corrected chi connectivity index (χ1v) is 13.6. The van der Waals surface area contributed by atoms with E-state index >= 15 is 0 Å². The standard InChI is InChI=1S/C29H46O2/c1-18(2)7-6-8-19(3)25-11-12-26-24-15-21-16-29(21)17-22(31-20(4)30)9-10-27(29)23(24)13-14-28(25,26)5/h18-19,21-22,24-26H,6-17H2,1-5H3/t19-,21+,22+,24-,25-,26+,28-,29+/m1/s1. The molecule has 0 saturated heterocycles. The van der Waals surface area contributed by atoms with Crippen LogP contribution in [0.4, 0.5) is 0 Å². The molecule has 174 valence electrons. The highest BCUT2D eigenvalue weighted by Crippen LogP contribution is 2.74. The summed E-state index contributed by atoms with van der Waals surface area (Å²) in [6.45, 7) is 11.6. The summed E-state index contributed by atoms with van der Waals surface area (Å²) in [5, 5.41) is 0. The summed E-state index contributed by atoms with van der Waals surface area (Å²) >= 11 is 0. The van der Waals surface area contributed by atoms with Gasteiger partial charge in [-0.15, -0.1) is 0 Å². The first-order valence-electron chi connectivity index (χ1n) is 13.6. The van der Waals surface area contributed by atoms with Gasteiger partial charge in [0.05, 0.1) is 0 Å². The van der Waals surface area contributed by atoms with Gasteiger partial charge in [0.2, 0.25) is 0 Å². The van der Waals surface area contributed by atoms with Gasteiger partial charge in [0, 0.05) is 6.92 Å². The molecule has 8 atom stereocenters. The Bertz CT molecular complexity index is 750. The zero-order valence-electron chi connectivity index (χ0n) is 20.8. The van der Waals surface area contributed by atoms with Gasteiger partial charge in [-0.05, 0) is 104 Å². The van der Waals surface area contributed by atoms with E-state index in [4.69, 9.17) is 4.74 Å². The second-order valence-corrected chi connectivity index (χ2v) is 13.0. The van der Waals surface area contributed by atoms with Gasteiger partial charge >= 0.3 is 5.97 Å². The Balaban J connectivity index is 1.31. The summed E-state index contributed by atoms with van der Waals surface area (Å²) < 4.78 is 5.68. The second-order valence-electron chi connectivity index (χ2n) is 13.0. The van der Waals surface area contributed by atoms with Gasteiger partial charge in [-0.1, -0.05) is 58.1 Å². The van der Waals surface area contributed by atoms with Crippen LogP contribution in [0.25, 0.3) is 0 Å². The average molecular weight is 427 g/mol. The highest BCUT2D eigenvalue weighted by atomic mass is 16.5. The number of carbonyl (C=O) groups is 1. The summed E-state index contributed by atoms with van der Waals surface area (Å²) in [6.07, 6.45) is 16.4. The average Bonchev–Trinajstić information content (AvgIpc) is 3.25. The van der Waals surface area contributed by atoms with Crippen LogP contribution in [-0.2, 0) is 9.53 Å². The maximum absolute atomic E-state index is 11.5. The van der Waals surface area contributed by atoms with E-state index in [9.17, 15) is 4.79 Å². The van der Waals surface area contributed by atoms with E-state index in [1.54, 1.807) is 6.92 Å². The van der Waals surface area contributed by atoms with Crippen LogP contribution in [0.5, 0.6) is 0 Å². The van der Waals surface area contributed by atoms with Crippen molar-refractivity contribution in [3.8, 4) is 0 Å². The fourth-order valence-electron chi connectivity index (χ4n) is 9.44. The first-order chi connectivity index (χ1) is 14.7. The fourth-order valence-corrected chi connectivity index (χ4v) is 9.44. The Morgan fingerprint density at radius 1 is 1.10 bits per heavy atom. The van der Waals surface area contributed by atoms with Gasteiger partial charge < -0.3 is 4.74 Å². The lowest BCUT2D eigenvalue weighted by atomic mass is 9.53. The van der Waals surface area contributed by atoms with Crippen molar-refractivity contribution < 1.29 is 9.53 Å². The molecule has 0 aromatic rings. The third-order valence-corrected chi connectivity index (χ3v) is 10.9. The van der Waals surface area contributed by atoms with Crippen molar-refractivity contribution in [2.24, 2.45) is 46.3 Å². The SMILES string of the molecule is CC(=O)O[C@H]1CCC2=C3CC[C@]4(C)[C@@H]([C@H](C)CCCC(C)C)CC[C@H]4[C@@H]3C[C@H]3C[C@@]23C1. The zero-order chi connectivity index (χ0) is 22.0. The number of rotatable bonds is 6. The fraction of sp³-hybridized carbons (Fsp3) is 0.897. The van der Waals surface area contributed by atoms with Gasteiger partial charge in [-0.25, -0.2) is 0 Å². The minimum Gasteiger partial charge on any atom is -0.463 e. The highest BCUT2D eigenvalue weighted by molar-refractivity contribution is 5.66. The molecule has 5 aliphatic carbocycles. The number of esters is 1. The molecule has 0 amide bonds. The van der Waals surface area contributed by atoms with Crippen molar-refractivity contribution in [1.29, 1.82) is 0 Å². The number of carbonyl (C=O) groups excluding carboxylic acids is 1. The molecule has 31 heavy (non-hydrogen) atoms. The monoisotopic (exact) mass is 426 g/mol. The van der Waals surface area contributed by atoms with Crippen LogP contribution in [0.3, 0.4) is 0 Å². The van der Waals surface area contributed by atoms with Crippen LogP contribution < -0.4 is 0 Å². The Morgan fingerprint density at radius 2 is 1.90 bits per heavy atom. The van der Waals surface area contributed by atoms with E-state index in [1.807, 2.05) is 11.1 Å². The lowest BCUT2D eigenvalue weighted by molar-refractivity contribution is -0.148. The van der Waals surface area contributed by atoms with E-state index < -0.39 is 0 Å². The Kier molecular flexibility index (Phi) is 5.62. The highest BCUT2D eigenvalue weighted by Gasteiger charge is 2.65. The number of ether oxygens (including phenoxy) is 1. The predicted molar refractivity (Wildman–Crippen MR) is 126 cm³/mol. The lowest BCUT2D eigenvalue weighted by Gasteiger charge is -2.51. The third kappa shape index (κ3) is 3.63. The maximum atomic E-state index is 11.5. The minimum absolute atomic E-state index is 0.0867. The largest absolute Gasteiger partial charge is 0.463 e. The first kappa shape index (κ1) is 22.0. The number of fused-ring (bicyclic) bond motifs is 3. The second kappa shape index (κ2) is 7.91. The van der Waals surface area contributed by atoms with E-state index in [0.717, 1.165) is 48.3 Å². The van der Waals surface area contributed by atoms with Crippen molar-refractivity contribution >= 4 is 5.97 Å². The molecule has 0 bridgehead atoms. The van der Waals surface area contributed by atoms with E-state index in [0.29, 0.717) is 10.8 Å². The summed E-state index contributed by atoms with van der Waals surface area (Å²) in [7, 11) is 0. The third-order valence-electron chi connectivity index (χ3n) is 10.9. The van der Waals surface area contributed by atoms with Crippen molar-refractivity contribution in [3.05, 3.63) is 11.1 Å². The van der Waals surface area contributed by atoms with Gasteiger partial charge in [-0.3, -0.25) is 4.79 Å². The molecular weight excluding hydrogens is 380 g/mol. The summed E-state index contributed by atoms with van der Waals surface area (Å²) in [5.74, 6) is 5.31. The molecule has 2 nitrogen and oxygen atoms in total. The molecule has 0 aromatic carbocycles. The van der Waals surface area contributed by atoms with Crippen LogP contribution in [0.2, 0.25) is 0 Å². The van der Waals surface area contributed by atoms with Gasteiger partial charge in [0.25, 0.3) is 0 Å². The summed E-state index contributed by atoms with van der Waals surface area (Å²) in [5.41, 5.74) is 4.80. The molecular formula is C29H46O2. The molecule has 0 aromatic heterocycles. The molecule has 0 radical (unpaired) electrons. The Hall–Kier alpha value is -0.790. The predicted octanol–water partition coefficient (Wildman–Crippen LogP) is 7.71. The lowest BCUT2D eigenvalue weighted by Crippen LogP contribution is -2.43. The van der Waals surface area contributed by atoms with Crippen molar-refractivity contribution in [2.45, 2.75) is 118 Å². The number of hydrogen-bond donors (Lipinski definition) is 0. The molecule has 5 aliphatic rings. The normalized spacial score (nSPS) is 44.3.